The normalized spacial score (nSPS) is 14.7. The molecule has 3 N–H and O–H groups in total. The van der Waals surface area contributed by atoms with Crippen molar-refractivity contribution in [1.82, 2.24) is 14.7 Å². The molecule has 0 saturated carbocycles. The van der Waals surface area contributed by atoms with Crippen LogP contribution in [0.5, 0.6) is 0 Å². The van der Waals surface area contributed by atoms with Crippen molar-refractivity contribution in [2.45, 2.75) is 31.4 Å². The first-order valence-electron chi connectivity index (χ1n) is 11.1. The molecule has 1 aromatic heterocycles. The molecule has 174 valence electrons. The first-order valence-corrected chi connectivity index (χ1v) is 11.1. The second-order valence-electron chi connectivity index (χ2n) is 8.28. The van der Waals surface area contributed by atoms with Crippen LogP contribution in [0.3, 0.4) is 0 Å². The van der Waals surface area contributed by atoms with Crippen molar-refractivity contribution in [3.63, 3.8) is 0 Å². The number of amides is 2. The number of likely N-dealkylation sites (tertiary alicyclic amines) is 1. The summed E-state index contributed by atoms with van der Waals surface area (Å²) in [6, 6.07) is 21.1. The highest BCUT2D eigenvalue weighted by atomic mass is 16.6. The van der Waals surface area contributed by atoms with Gasteiger partial charge in [0.2, 0.25) is 0 Å². The van der Waals surface area contributed by atoms with Crippen molar-refractivity contribution in [1.29, 1.82) is 5.26 Å². The Morgan fingerprint density at radius 3 is 2.35 bits per heavy atom. The lowest BCUT2D eigenvalue weighted by Crippen LogP contribution is -2.48. The summed E-state index contributed by atoms with van der Waals surface area (Å²) in [6.07, 6.45) is 2.37. The van der Waals surface area contributed by atoms with Crippen molar-refractivity contribution in [3.05, 3.63) is 78.0 Å². The summed E-state index contributed by atoms with van der Waals surface area (Å²) in [7, 11) is 0. The van der Waals surface area contributed by atoms with Gasteiger partial charge in [0, 0.05) is 25.0 Å². The second kappa shape index (κ2) is 10.1. The summed E-state index contributed by atoms with van der Waals surface area (Å²) >= 11 is 0. The topological polar surface area (TPSA) is 126 Å². The molecule has 2 aromatic carbocycles. The Morgan fingerprint density at radius 1 is 1.09 bits per heavy atom. The van der Waals surface area contributed by atoms with Crippen LogP contribution in [-0.4, -0.2) is 39.8 Å². The molecule has 1 aliphatic heterocycles. The van der Waals surface area contributed by atoms with Crippen molar-refractivity contribution in [3.8, 4) is 6.07 Å². The van der Waals surface area contributed by atoms with E-state index >= 15 is 0 Å². The first-order chi connectivity index (χ1) is 16.5. The summed E-state index contributed by atoms with van der Waals surface area (Å²) in [5.74, 6) is -0.278. The quantitative estimate of drug-likeness (QED) is 0.555. The minimum absolute atomic E-state index is 0.185. The van der Waals surface area contributed by atoms with Crippen LogP contribution >= 0.6 is 0 Å². The van der Waals surface area contributed by atoms with E-state index in [1.54, 1.807) is 15.8 Å². The molecule has 0 bridgehead atoms. The average Bonchev–Trinajstić information content (AvgIpc) is 3.29. The maximum Gasteiger partial charge on any atom is 0.410 e. The van der Waals surface area contributed by atoms with E-state index in [9.17, 15) is 14.9 Å². The predicted octanol–water partition coefficient (Wildman–Crippen LogP) is 3.77. The van der Waals surface area contributed by atoms with E-state index in [2.05, 4.69) is 16.5 Å². The number of hydrogen-bond donors (Lipinski definition) is 2. The molecule has 0 atom stereocenters. The number of nitriles is 1. The van der Waals surface area contributed by atoms with Crippen LogP contribution in [0.15, 0.2) is 66.9 Å². The molecular weight excluding hydrogens is 432 g/mol. The maximum atomic E-state index is 12.6. The molecule has 0 radical (unpaired) electrons. The van der Waals surface area contributed by atoms with Crippen molar-refractivity contribution < 1.29 is 14.3 Å². The monoisotopic (exact) mass is 458 g/mol. The van der Waals surface area contributed by atoms with Crippen LogP contribution in [0.1, 0.15) is 35.2 Å². The lowest BCUT2D eigenvalue weighted by molar-refractivity contribution is 0.0615. The molecule has 1 fully saturated rings. The van der Waals surface area contributed by atoms with E-state index in [4.69, 9.17) is 10.5 Å². The highest BCUT2D eigenvalue weighted by Crippen LogP contribution is 2.35. The van der Waals surface area contributed by atoms with Crippen molar-refractivity contribution in [2.24, 2.45) is 5.73 Å². The Kier molecular flexibility index (Phi) is 6.78. The van der Waals surface area contributed by atoms with Gasteiger partial charge in [-0.05, 0) is 30.5 Å². The second-order valence-corrected chi connectivity index (χ2v) is 8.28. The number of benzene rings is 2. The zero-order chi connectivity index (χ0) is 24.0. The molecule has 2 heterocycles. The van der Waals surface area contributed by atoms with Crippen LogP contribution < -0.4 is 11.1 Å². The Hall–Kier alpha value is -4.32. The maximum absolute atomic E-state index is 12.6. The van der Waals surface area contributed by atoms with Crippen LogP contribution in [0.4, 0.5) is 16.3 Å². The number of carbonyl (C=O) groups is 2. The number of rotatable bonds is 7. The number of ether oxygens (including phenoxy) is 1. The fourth-order valence-electron chi connectivity index (χ4n) is 4.10. The number of nitrogens with zero attached hydrogens (tertiary/aromatic N) is 4. The number of para-hydroxylation sites is 1. The lowest BCUT2D eigenvalue weighted by atomic mass is 9.85. The van der Waals surface area contributed by atoms with Gasteiger partial charge in [0.15, 0.2) is 5.82 Å². The third kappa shape index (κ3) is 5.02. The molecule has 9 heteroatoms. The number of primary amides is 1. The van der Waals surface area contributed by atoms with Gasteiger partial charge >= 0.3 is 6.09 Å². The number of nitrogens with one attached hydrogen (secondary N) is 1. The van der Waals surface area contributed by atoms with Crippen molar-refractivity contribution in [2.75, 3.05) is 18.4 Å². The molecule has 0 unspecified atom stereocenters. The van der Waals surface area contributed by atoms with Gasteiger partial charge in [0.05, 0.1) is 18.0 Å². The third-order valence-corrected chi connectivity index (χ3v) is 6.07. The van der Waals surface area contributed by atoms with Gasteiger partial charge in [0.1, 0.15) is 12.2 Å². The molecule has 0 aliphatic carbocycles. The van der Waals surface area contributed by atoms with Gasteiger partial charge in [0.25, 0.3) is 5.91 Å². The van der Waals surface area contributed by atoms with Crippen LogP contribution in [-0.2, 0) is 16.9 Å². The SMILES string of the molecule is N#CCC1(n2cc(C(N)=O)c(Nc3ccccc3)n2)CCN(C(=O)OCc2ccccc2)CC1. The zero-order valence-electron chi connectivity index (χ0n) is 18.7. The molecule has 9 nitrogen and oxygen atoms in total. The molecule has 34 heavy (non-hydrogen) atoms. The summed E-state index contributed by atoms with van der Waals surface area (Å²) < 4.78 is 7.11. The molecule has 1 saturated heterocycles. The number of aromatic nitrogens is 2. The molecular formula is C25H26N6O3. The minimum Gasteiger partial charge on any atom is -0.445 e. The number of anilines is 2. The predicted molar refractivity (Wildman–Crippen MR) is 126 cm³/mol. The molecule has 0 spiro atoms. The van der Waals surface area contributed by atoms with Gasteiger partial charge in [-0.3, -0.25) is 9.48 Å². The van der Waals surface area contributed by atoms with Crippen LogP contribution in [0.2, 0.25) is 0 Å². The minimum atomic E-state index is -0.661. The van der Waals surface area contributed by atoms with E-state index < -0.39 is 11.4 Å². The number of piperidine rings is 1. The average molecular weight is 459 g/mol. The fraction of sp³-hybridized carbons (Fsp3) is 0.280. The van der Waals surface area contributed by atoms with E-state index in [1.165, 1.54) is 0 Å². The Balaban J connectivity index is 1.48. The van der Waals surface area contributed by atoms with Gasteiger partial charge in [-0.25, -0.2) is 4.79 Å². The van der Waals surface area contributed by atoms with Crippen LogP contribution in [0.25, 0.3) is 0 Å². The van der Waals surface area contributed by atoms with Gasteiger partial charge in [-0.15, -0.1) is 0 Å². The molecule has 1 aliphatic rings. The van der Waals surface area contributed by atoms with Gasteiger partial charge in [-0.1, -0.05) is 48.5 Å². The summed E-state index contributed by atoms with van der Waals surface area (Å²) in [5.41, 5.74) is 6.87. The fourth-order valence-corrected chi connectivity index (χ4v) is 4.10. The smallest absolute Gasteiger partial charge is 0.410 e. The van der Waals surface area contributed by atoms with Crippen molar-refractivity contribution >= 4 is 23.5 Å². The molecule has 4 rings (SSSR count). The lowest BCUT2D eigenvalue weighted by Gasteiger charge is -2.40. The summed E-state index contributed by atoms with van der Waals surface area (Å²) in [5, 5.41) is 17.3. The van der Waals surface area contributed by atoms with E-state index in [-0.39, 0.29) is 24.7 Å². The largest absolute Gasteiger partial charge is 0.445 e. The first kappa shape index (κ1) is 22.9. The third-order valence-electron chi connectivity index (χ3n) is 6.07. The van der Waals surface area contributed by atoms with E-state index in [0.29, 0.717) is 31.7 Å². The van der Waals surface area contributed by atoms with Crippen LogP contribution in [0, 0.1) is 11.3 Å². The Bertz CT molecular complexity index is 1180. The summed E-state index contributed by atoms with van der Waals surface area (Å²) in [4.78, 5) is 26.3. The van der Waals surface area contributed by atoms with E-state index in [0.717, 1.165) is 11.3 Å². The van der Waals surface area contributed by atoms with E-state index in [1.807, 2.05) is 60.7 Å². The standard InChI is InChI=1S/C25H26N6O3/c26-14-11-25(12-15-30(16-13-25)24(33)34-18-19-7-3-1-4-8-19)31-17-21(22(27)32)23(29-31)28-20-9-5-2-6-10-20/h1-10,17H,11-13,15-16,18H2,(H2,27,32)(H,28,29). The highest BCUT2D eigenvalue weighted by Gasteiger charge is 2.39. The van der Waals surface area contributed by atoms with Gasteiger partial charge < -0.3 is 20.7 Å². The number of nitrogens with two attached hydrogens (primary N) is 1. The Morgan fingerprint density at radius 2 is 1.74 bits per heavy atom. The number of carbonyl (C=O) groups excluding carboxylic acids is 2. The highest BCUT2D eigenvalue weighted by molar-refractivity contribution is 5.98. The molecule has 2 amide bonds. The van der Waals surface area contributed by atoms with Gasteiger partial charge in [-0.2, -0.15) is 10.4 Å². The number of hydrogen-bond acceptors (Lipinski definition) is 6. The summed E-state index contributed by atoms with van der Waals surface area (Å²) in [6.45, 7) is 1.01. The zero-order valence-corrected chi connectivity index (χ0v) is 18.7. The Labute approximate surface area is 197 Å². The molecule has 3 aromatic rings.